The lowest BCUT2D eigenvalue weighted by atomic mass is 9.95. The summed E-state index contributed by atoms with van der Waals surface area (Å²) in [5.41, 5.74) is 6.77. The van der Waals surface area contributed by atoms with Crippen molar-refractivity contribution in [3.05, 3.63) is 73.3 Å². The van der Waals surface area contributed by atoms with Crippen LogP contribution in [0.5, 0.6) is 0 Å². The Hall–Kier alpha value is -3.14. The second kappa shape index (κ2) is 5.33. The van der Waals surface area contributed by atoms with Crippen molar-refractivity contribution in [1.82, 2.24) is 20.4 Å². The Kier molecular flexibility index (Phi) is 3.05. The minimum Gasteiger partial charge on any atom is -0.285 e. The molecule has 2 aromatic carbocycles. The third-order valence-corrected chi connectivity index (χ3v) is 3.70. The van der Waals surface area contributed by atoms with E-state index in [-0.39, 0.29) is 0 Å². The molecule has 22 heavy (non-hydrogen) atoms. The van der Waals surface area contributed by atoms with Crippen molar-refractivity contribution < 1.29 is 0 Å². The molecule has 0 radical (unpaired) electrons. The smallest absolute Gasteiger partial charge is 0.0565 e. The molecule has 0 aliphatic heterocycles. The summed E-state index contributed by atoms with van der Waals surface area (Å²) in [7, 11) is 0. The van der Waals surface area contributed by atoms with Gasteiger partial charge in [-0.2, -0.15) is 10.2 Å². The van der Waals surface area contributed by atoms with Crippen LogP contribution in [-0.4, -0.2) is 20.4 Å². The highest BCUT2D eigenvalue weighted by Gasteiger charge is 2.08. The summed E-state index contributed by atoms with van der Waals surface area (Å²) in [6.45, 7) is 0. The lowest BCUT2D eigenvalue weighted by Gasteiger charge is -2.08. The molecule has 0 unspecified atom stereocenters. The average Bonchev–Trinajstić information content (AvgIpc) is 3.29. The minimum atomic E-state index is 1.07. The highest BCUT2D eigenvalue weighted by atomic mass is 15.1. The van der Waals surface area contributed by atoms with Crippen LogP contribution in [0.4, 0.5) is 0 Å². The molecule has 0 amide bonds. The first-order valence-corrected chi connectivity index (χ1v) is 7.09. The van der Waals surface area contributed by atoms with Gasteiger partial charge in [-0.1, -0.05) is 30.3 Å². The molecule has 2 heterocycles. The highest BCUT2D eigenvalue weighted by Crippen LogP contribution is 2.32. The first kappa shape index (κ1) is 12.6. The highest BCUT2D eigenvalue weighted by molar-refractivity contribution is 5.80. The molecule has 0 bridgehead atoms. The van der Waals surface area contributed by atoms with E-state index in [1.54, 1.807) is 0 Å². The van der Waals surface area contributed by atoms with E-state index in [0.29, 0.717) is 0 Å². The van der Waals surface area contributed by atoms with E-state index in [1.807, 2.05) is 30.9 Å². The molecular formula is C18H14N4. The van der Waals surface area contributed by atoms with Gasteiger partial charge in [0.15, 0.2) is 0 Å². The van der Waals surface area contributed by atoms with Gasteiger partial charge >= 0.3 is 0 Å². The summed E-state index contributed by atoms with van der Waals surface area (Å²) in [5.74, 6) is 0. The van der Waals surface area contributed by atoms with Crippen LogP contribution in [0.2, 0.25) is 0 Å². The number of aromatic amines is 2. The quantitative estimate of drug-likeness (QED) is 0.595. The average molecular weight is 286 g/mol. The summed E-state index contributed by atoms with van der Waals surface area (Å²) < 4.78 is 0. The molecule has 2 N–H and O–H groups in total. The van der Waals surface area contributed by atoms with Gasteiger partial charge in [0.25, 0.3) is 0 Å². The second-order valence-corrected chi connectivity index (χ2v) is 5.14. The Bertz CT molecular complexity index is 810. The summed E-state index contributed by atoms with van der Waals surface area (Å²) >= 11 is 0. The standard InChI is InChI=1S/C18H14N4/c1-2-4-13(5-3-1)14-6-15(17-9-19-20-10-17)8-16(7-14)18-11-21-22-12-18/h1-12H,(H,19,20)(H,21,22). The molecule has 4 rings (SSSR count). The zero-order valence-corrected chi connectivity index (χ0v) is 11.8. The van der Waals surface area contributed by atoms with E-state index < -0.39 is 0 Å². The Morgan fingerprint density at radius 1 is 0.545 bits per heavy atom. The first-order chi connectivity index (χ1) is 10.9. The van der Waals surface area contributed by atoms with Crippen LogP contribution in [0, 0.1) is 0 Å². The molecule has 0 fully saturated rings. The van der Waals surface area contributed by atoms with Crippen molar-refractivity contribution in [1.29, 1.82) is 0 Å². The van der Waals surface area contributed by atoms with Gasteiger partial charge < -0.3 is 0 Å². The van der Waals surface area contributed by atoms with Gasteiger partial charge in [0.1, 0.15) is 0 Å². The van der Waals surface area contributed by atoms with Gasteiger partial charge in [0, 0.05) is 23.5 Å². The molecule has 4 heteroatoms. The van der Waals surface area contributed by atoms with Crippen molar-refractivity contribution in [2.75, 3.05) is 0 Å². The molecule has 0 aliphatic carbocycles. The maximum Gasteiger partial charge on any atom is 0.0565 e. The van der Waals surface area contributed by atoms with E-state index in [4.69, 9.17) is 0 Å². The number of hydrogen-bond donors (Lipinski definition) is 2. The number of aromatic nitrogens is 4. The molecule has 2 aromatic heterocycles. The summed E-state index contributed by atoms with van der Waals surface area (Å²) in [6.07, 6.45) is 7.49. The fourth-order valence-corrected chi connectivity index (χ4v) is 2.58. The predicted molar refractivity (Wildman–Crippen MR) is 87.0 cm³/mol. The van der Waals surface area contributed by atoms with Crippen LogP contribution in [0.3, 0.4) is 0 Å². The van der Waals surface area contributed by atoms with E-state index in [9.17, 15) is 0 Å². The zero-order chi connectivity index (χ0) is 14.8. The summed E-state index contributed by atoms with van der Waals surface area (Å²) in [6, 6.07) is 16.9. The van der Waals surface area contributed by atoms with Crippen LogP contribution in [0.25, 0.3) is 33.4 Å². The summed E-state index contributed by atoms with van der Waals surface area (Å²) in [5, 5.41) is 13.8. The van der Waals surface area contributed by atoms with Crippen LogP contribution in [0.1, 0.15) is 0 Å². The number of H-pyrrole nitrogens is 2. The largest absolute Gasteiger partial charge is 0.285 e. The number of benzene rings is 2. The fraction of sp³-hybridized carbons (Fsp3) is 0. The Balaban J connectivity index is 1.91. The Morgan fingerprint density at radius 3 is 1.50 bits per heavy atom. The number of hydrogen-bond acceptors (Lipinski definition) is 2. The molecule has 106 valence electrons. The number of nitrogens with zero attached hydrogens (tertiary/aromatic N) is 2. The molecule has 0 spiro atoms. The molecule has 4 nitrogen and oxygen atoms in total. The van der Waals surface area contributed by atoms with Crippen molar-refractivity contribution in [2.45, 2.75) is 0 Å². The third-order valence-electron chi connectivity index (χ3n) is 3.70. The van der Waals surface area contributed by atoms with Crippen LogP contribution < -0.4 is 0 Å². The van der Waals surface area contributed by atoms with E-state index in [0.717, 1.165) is 22.3 Å². The van der Waals surface area contributed by atoms with Crippen molar-refractivity contribution in [3.8, 4) is 33.4 Å². The first-order valence-electron chi connectivity index (χ1n) is 7.09. The van der Waals surface area contributed by atoms with Crippen molar-refractivity contribution >= 4 is 0 Å². The van der Waals surface area contributed by atoms with Crippen LogP contribution in [-0.2, 0) is 0 Å². The maximum atomic E-state index is 4.05. The lowest BCUT2D eigenvalue weighted by molar-refractivity contribution is 1.09. The van der Waals surface area contributed by atoms with Crippen LogP contribution in [0.15, 0.2) is 73.3 Å². The van der Waals surface area contributed by atoms with Gasteiger partial charge in [0.05, 0.1) is 12.4 Å². The predicted octanol–water partition coefficient (Wildman–Crippen LogP) is 4.13. The second-order valence-electron chi connectivity index (χ2n) is 5.14. The SMILES string of the molecule is c1ccc(-c2cc(-c3cn[nH]c3)cc(-c3cn[nH]c3)c2)cc1. The van der Waals surface area contributed by atoms with Gasteiger partial charge in [0.2, 0.25) is 0 Å². The Labute approximate surface area is 127 Å². The molecule has 0 atom stereocenters. The van der Waals surface area contributed by atoms with Gasteiger partial charge in [-0.3, -0.25) is 10.2 Å². The van der Waals surface area contributed by atoms with E-state index >= 15 is 0 Å². The van der Waals surface area contributed by atoms with E-state index in [1.165, 1.54) is 11.1 Å². The number of rotatable bonds is 3. The van der Waals surface area contributed by atoms with Gasteiger partial charge in [-0.25, -0.2) is 0 Å². The third kappa shape index (κ3) is 2.31. The van der Waals surface area contributed by atoms with Crippen molar-refractivity contribution in [3.63, 3.8) is 0 Å². The Morgan fingerprint density at radius 2 is 1.05 bits per heavy atom. The van der Waals surface area contributed by atoms with Crippen LogP contribution >= 0.6 is 0 Å². The molecule has 4 aromatic rings. The molecule has 0 saturated heterocycles. The topological polar surface area (TPSA) is 57.4 Å². The van der Waals surface area contributed by atoms with Gasteiger partial charge in [-0.05, 0) is 40.5 Å². The van der Waals surface area contributed by atoms with E-state index in [2.05, 4.69) is 62.9 Å². The molecule has 0 aliphatic rings. The molecule has 0 saturated carbocycles. The minimum absolute atomic E-state index is 1.07. The number of nitrogens with one attached hydrogen (secondary N) is 2. The zero-order valence-electron chi connectivity index (χ0n) is 11.8. The van der Waals surface area contributed by atoms with Crippen molar-refractivity contribution in [2.24, 2.45) is 0 Å². The molecular weight excluding hydrogens is 272 g/mol. The summed E-state index contributed by atoms with van der Waals surface area (Å²) in [4.78, 5) is 0. The van der Waals surface area contributed by atoms with Gasteiger partial charge in [-0.15, -0.1) is 0 Å². The monoisotopic (exact) mass is 286 g/mol. The maximum absolute atomic E-state index is 4.05. The lowest BCUT2D eigenvalue weighted by Crippen LogP contribution is -1.84. The fourth-order valence-electron chi connectivity index (χ4n) is 2.58. The normalized spacial score (nSPS) is 10.7.